The van der Waals surface area contributed by atoms with Crippen molar-refractivity contribution in [3.8, 4) is 0 Å². The van der Waals surface area contributed by atoms with Crippen LogP contribution in [0.1, 0.15) is 251 Å². The molecule has 53 heavy (non-hydrogen) atoms. The quantitative estimate of drug-likeness (QED) is 0.0430. The van der Waals surface area contributed by atoms with Gasteiger partial charge in [-0.05, 0) is 51.4 Å². The normalized spacial score (nSPS) is 13.2. The van der Waals surface area contributed by atoms with Gasteiger partial charge in [0.15, 0.2) is 0 Å². The SMILES string of the molecule is CCCCCCCCCCC/C=C\C/C=C\CCCCCCCCCCCCCCCC(=O)NC(CO)C(O)/C=C/CCCCCCCCCCCC. The molecule has 2 unspecified atom stereocenters. The van der Waals surface area contributed by atoms with E-state index in [9.17, 15) is 15.0 Å². The zero-order chi connectivity index (χ0) is 38.6. The summed E-state index contributed by atoms with van der Waals surface area (Å²) in [5.41, 5.74) is 0. The van der Waals surface area contributed by atoms with E-state index in [0.717, 1.165) is 32.1 Å². The fraction of sp³-hybridized carbons (Fsp3) is 0.857. The van der Waals surface area contributed by atoms with Gasteiger partial charge in [0.25, 0.3) is 0 Å². The van der Waals surface area contributed by atoms with Gasteiger partial charge < -0.3 is 15.5 Å². The Morgan fingerprint density at radius 3 is 1.13 bits per heavy atom. The summed E-state index contributed by atoms with van der Waals surface area (Å²) < 4.78 is 0. The summed E-state index contributed by atoms with van der Waals surface area (Å²) in [5, 5.41) is 23.0. The highest BCUT2D eigenvalue weighted by atomic mass is 16.3. The number of unbranched alkanes of at least 4 members (excludes halogenated alkanes) is 32. The van der Waals surface area contributed by atoms with E-state index in [0.29, 0.717) is 6.42 Å². The van der Waals surface area contributed by atoms with Crippen LogP contribution in [0.15, 0.2) is 36.5 Å². The predicted octanol–water partition coefficient (Wildman–Crippen LogP) is 15.0. The first kappa shape index (κ1) is 51.6. The van der Waals surface area contributed by atoms with E-state index in [4.69, 9.17) is 0 Å². The number of hydrogen-bond donors (Lipinski definition) is 3. The first-order valence-electron chi connectivity index (χ1n) is 23.7. The number of nitrogens with one attached hydrogen (secondary N) is 1. The lowest BCUT2D eigenvalue weighted by atomic mass is 10.0. The summed E-state index contributed by atoms with van der Waals surface area (Å²) in [6.07, 6.45) is 59.9. The fourth-order valence-corrected chi connectivity index (χ4v) is 7.21. The molecule has 0 bridgehead atoms. The zero-order valence-electron chi connectivity index (χ0n) is 35.8. The Labute approximate surface area is 331 Å². The molecule has 2 atom stereocenters. The minimum Gasteiger partial charge on any atom is -0.394 e. The van der Waals surface area contributed by atoms with Crippen LogP contribution in [0.2, 0.25) is 0 Å². The lowest BCUT2D eigenvalue weighted by Crippen LogP contribution is -2.45. The van der Waals surface area contributed by atoms with Gasteiger partial charge in [0.2, 0.25) is 5.91 Å². The van der Waals surface area contributed by atoms with E-state index in [-0.39, 0.29) is 12.5 Å². The molecule has 0 saturated carbocycles. The van der Waals surface area contributed by atoms with Gasteiger partial charge in [0.1, 0.15) is 0 Å². The molecule has 0 aromatic carbocycles. The van der Waals surface area contributed by atoms with E-state index < -0.39 is 12.1 Å². The van der Waals surface area contributed by atoms with Crippen LogP contribution in [0, 0.1) is 0 Å². The molecule has 1 amide bonds. The Morgan fingerprint density at radius 1 is 0.453 bits per heavy atom. The molecule has 0 aliphatic carbocycles. The zero-order valence-corrected chi connectivity index (χ0v) is 35.8. The maximum Gasteiger partial charge on any atom is 0.220 e. The van der Waals surface area contributed by atoms with Crippen LogP contribution in [-0.2, 0) is 4.79 Å². The summed E-state index contributed by atoms with van der Waals surface area (Å²) in [7, 11) is 0. The average molecular weight is 744 g/mol. The van der Waals surface area contributed by atoms with Gasteiger partial charge in [-0.1, -0.05) is 230 Å². The van der Waals surface area contributed by atoms with Crippen LogP contribution in [-0.4, -0.2) is 34.9 Å². The second-order valence-electron chi connectivity index (χ2n) is 16.2. The summed E-state index contributed by atoms with van der Waals surface area (Å²) in [5.74, 6) is -0.0647. The molecule has 0 aliphatic rings. The minimum absolute atomic E-state index is 0.0647. The standard InChI is InChI=1S/C49H93NO3/c1-3-5-7-9-11-13-15-17-18-19-20-21-22-23-24-25-26-27-28-29-30-31-32-33-35-37-39-41-43-45-49(53)50-47(46-51)48(52)44-42-40-38-36-34-16-14-12-10-8-6-4-2/h20-21,23-24,42,44,47-48,51-52H,3-19,22,25-41,43,45-46H2,1-2H3,(H,50,53)/b21-20-,24-23-,44-42+. The van der Waals surface area contributed by atoms with Crippen LogP contribution < -0.4 is 5.32 Å². The first-order chi connectivity index (χ1) is 26.2. The third kappa shape index (κ3) is 41.6. The van der Waals surface area contributed by atoms with E-state index in [1.807, 2.05) is 6.08 Å². The van der Waals surface area contributed by atoms with Gasteiger partial charge in [-0.15, -0.1) is 0 Å². The number of allylic oxidation sites excluding steroid dienone is 5. The lowest BCUT2D eigenvalue weighted by Gasteiger charge is -2.20. The fourth-order valence-electron chi connectivity index (χ4n) is 7.21. The number of carbonyl (C=O) groups excluding carboxylic acids is 1. The second kappa shape index (κ2) is 45.0. The Balaban J connectivity index is 3.49. The van der Waals surface area contributed by atoms with Gasteiger partial charge in [0, 0.05) is 6.42 Å². The molecule has 0 heterocycles. The van der Waals surface area contributed by atoms with Gasteiger partial charge >= 0.3 is 0 Å². The molecule has 0 aromatic heterocycles. The van der Waals surface area contributed by atoms with Crippen molar-refractivity contribution in [2.75, 3.05) is 6.61 Å². The van der Waals surface area contributed by atoms with Gasteiger partial charge in [-0.25, -0.2) is 0 Å². The Kier molecular flexibility index (Phi) is 43.8. The van der Waals surface area contributed by atoms with E-state index in [2.05, 4.69) is 43.5 Å². The van der Waals surface area contributed by atoms with E-state index >= 15 is 0 Å². The highest BCUT2D eigenvalue weighted by Gasteiger charge is 2.17. The third-order valence-corrected chi connectivity index (χ3v) is 10.9. The maximum absolute atomic E-state index is 12.4. The minimum atomic E-state index is -0.837. The van der Waals surface area contributed by atoms with Crippen LogP contribution in [0.4, 0.5) is 0 Å². The molecule has 312 valence electrons. The van der Waals surface area contributed by atoms with Gasteiger partial charge in [-0.3, -0.25) is 4.79 Å². The number of hydrogen-bond acceptors (Lipinski definition) is 3. The molecule has 0 aromatic rings. The predicted molar refractivity (Wildman–Crippen MR) is 235 cm³/mol. The molecule has 0 aliphatic heterocycles. The van der Waals surface area contributed by atoms with Crippen molar-refractivity contribution in [2.45, 2.75) is 264 Å². The molecule has 3 N–H and O–H groups in total. The van der Waals surface area contributed by atoms with Crippen molar-refractivity contribution < 1.29 is 15.0 Å². The number of aliphatic hydroxyl groups is 2. The maximum atomic E-state index is 12.4. The smallest absolute Gasteiger partial charge is 0.220 e. The van der Waals surface area contributed by atoms with Crippen LogP contribution in [0.5, 0.6) is 0 Å². The Bertz CT molecular complexity index is 806. The van der Waals surface area contributed by atoms with Crippen molar-refractivity contribution in [3.63, 3.8) is 0 Å². The molecule has 0 fully saturated rings. The molecule has 0 saturated heterocycles. The number of carbonyl (C=O) groups is 1. The monoisotopic (exact) mass is 744 g/mol. The van der Waals surface area contributed by atoms with Gasteiger partial charge in [0.05, 0.1) is 18.8 Å². The van der Waals surface area contributed by atoms with Crippen LogP contribution in [0.25, 0.3) is 0 Å². The molecule has 4 heteroatoms. The molecule has 0 spiro atoms. The third-order valence-electron chi connectivity index (χ3n) is 10.9. The van der Waals surface area contributed by atoms with Crippen molar-refractivity contribution in [3.05, 3.63) is 36.5 Å². The number of aliphatic hydroxyl groups excluding tert-OH is 2. The summed E-state index contributed by atoms with van der Waals surface area (Å²) >= 11 is 0. The summed E-state index contributed by atoms with van der Waals surface area (Å²) in [6.45, 7) is 4.31. The van der Waals surface area contributed by atoms with Gasteiger partial charge in [-0.2, -0.15) is 0 Å². The molecule has 4 nitrogen and oxygen atoms in total. The van der Waals surface area contributed by atoms with Crippen molar-refractivity contribution in [1.29, 1.82) is 0 Å². The first-order valence-corrected chi connectivity index (χ1v) is 23.7. The largest absolute Gasteiger partial charge is 0.394 e. The average Bonchev–Trinajstić information content (AvgIpc) is 3.16. The van der Waals surface area contributed by atoms with Crippen molar-refractivity contribution in [1.82, 2.24) is 5.32 Å². The summed E-state index contributed by atoms with van der Waals surface area (Å²) in [4.78, 5) is 12.4. The Morgan fingerprint density at radius 2 is 0.774 bits per heavy atom. The van der Waals surface area contributed by atoms with E-state index in [1.165, 1.54) is 199 Å². The molecular formula is C49H93NO3. The lowest BCUT2D eigenvalue weighted by molar-refractivity contribution is -0.123. The van der Waals surface area contributed by atoms with Crippen molar-refractivity contribution >= 4 is 5.91 Å². The summed E-state index contributed by atoms with van der Waals surface area (Å²) in [6, 6.07) is -0.620. The topological polar surface area (TPSA) is 69.6 Å². The Hall–Kier alpha value is -1.39. The molecule has 0 radical (unpaired) electrons. The van der Waals surface area contributed by atoms with E-state index in [1.54, 1.807) is 6.08 Å². The molecular weight excluding hydrogens is 651 g/mol. The van der Waals surface area contributed by atoms with Crippen LogP contribution >= 0.6 is 0 Å². The number of rotatable bonds is 43. The van der Waals surface area contributed by atoms with Crippen molar-refractivity contribution in [2.24, 2.45) is 0 Å². The molecule has 0 rings (SSSR count). The highest BCUT2D eigenvalue weighted by molar-refractivity contribution is 5.76. The van der Waals surface area contributed by atoms with Crippen LogP contribution in [0.3, 0.4) is 0 Å². The second-order valence-corrected chi connectivity index (χ2v) is 16.2. The number of amides is 1. The highest BCUT2D eigenvalue weighted by Crippen LogP contribution is 2.15.